The molecule has 0 bridgehead atoms. The predicted molar refractivity (Wildman–Crippen MR) is 121 cm³/mol. The molecule has 0 amide bonds. The van der Waals surface area contributed by atoms with E-state index in [2.05, 4.69) is 10.6 Å². The summed E-state index contributed by atoms with van der Waals surface area (Å²) in [5.74, 6) is 0. The minimum absolute atomic E-state index is 0.0800. The summed E-state index contributed by atoms with van der Waals surface area (Å²) in [6.07, 6.45) is 2.09. The second-order valence-corrected chi connectivity index (χ2v) is 10.8. The molecule has 2 N–H and O–H groups in total. The fourth-order valence-corrected chi connectivity index (χ4v) is 4.76. The van der Waals surface area contributed by atoms with Crippen LogP contribution in [0.15, 0.2) is 80.5 Å². The summed E-state index contributed by atoms with van der Waals surface area (Å²) in [5.41, 5.74) is 0. The van der Waals surface area contributed by atoms with Gasteiger partial charge in [0.05, 0.1) is 9.79 Å². The van der Waals surface area contributed by atoms with Crippen LogP contribution in [0.2, 0.25) is 10.0 Å². The smallest absolute Gasteiger partial charge is 0.218 e. The molecule has 0 aromatic heterocycles. The van der Waals surface area contributed by atoms with Crippen LogP contribution in [0.4, 0.5) is 0 Å². The van der Waals surface area contributed by atoms with E-state index in [0.717, 1.165) is 12.4 Å². The molecule has 0 aliphatic heterocycles. The molecule has 0 unspecified atom stereocenters. The first-order valence-corrected chi connectivity index (χ1v) is 12.5. The SMILES string of the molecule is N#C/C(=C\NCCN/C=C(\C#N)S(=O)(=O)c1ccc(Cl)cc1)S(=O)(=O)c1ccc(Cl)cc1. The molecular formula is C20H16Cl2N4O4S2. The molecule has 2 aromatic carbocycles. The van der Waals surface area contributed by atoms with Gasteiger partial charge in [0.15, 0.2) is 9.81 Å². The van der Waals surface area contributed by atoms with E-state index in [0.29, 0.717) is 10.0 Å². The highest BCUT2D eigenvalue weighted by Crippen LogP contribution is 2.21. The van der Waals surface area contributed by atoms with Gasteiger partial charge in [0.2, 0.25) is 19.7 Å². The topological polar surface area (TPSA) is 140 Å². The van der Waals surface area contributed by atoms with Gasteiger partial charge in [-0.15, -0.1) is 0 Å². The lowest BCUT2D eigenvalue weighted by molar-refractivity contribution is 0.600. The van der Waals surface area contributed by atoms with Crippen LogP contribution in [0.1, 0.15) is 0 Å². The number of nitrogens with zero attached hydrogens (tertiary/aromatic N) is 2. The molecule has 0 saturated heterocycles. The number of sulfone groups is 2. The fraction of sp³-hybridized carbons (Fsp3) is 0.100. The first-order chi connectivity index (χ1) is 15.1. The number of nitrogens with one attached hydrogen (secondary N) is 2. The number of rotatable bonds is 9. The molecule has 0 atom stereocenters. The number of hydrogen-bond acceptors (Lipinski definition) is 8. The molecular weight excluding hydrogens is 495 g/mol. The van der Waals surface area contributed by atoms with Crippen molar-refractivity contribution in [3.05, 3.63) is 80.8 Å². The molecule has 0 saturated carbocycles. The zero-order valence-corrected chi connectivity index (χ0v) is 19.4. The van der Waals surface area contributed by atoms with Gasteiger partial charge in [-0.1, -0.05) is 23.2 Å². The molecule has 0 spiro atoms. The Kier molecular flexibility index (Phi) is 8.70. The van der Waals surface area contributed by atoms with E-state index in [1.807, 2.05) is 0 Å². The molecule has 8 nitrogen and oxygen atoms in total. The van der Waals surface area contributed by atoms with E-state index >= 15 is 0 Å². The van der Waals surface area contributed by atoms with E-state index < -0.39 is 29.5 Å². The van der Waals surface area contributed by atoms with Crippen molar-refractivity contribution >= 4 is 42.9 Å². The van der Waals surface area contributed by atoms with E-state index in [1.165, 1.54) is 48.5 Å². The van der Waals surface area contributed by atoms with E-state index in [1.54, 1.807) is 12.1 Å². The van der Waals surface area contributed by atoms with Gasteiger partial charge in [-0.05, 0) is 48.5 Å². The van der Waals surface area contributed by atoms with Gasteiger partial charge in [-0.25, -0.2) is 16.8 Å². The zero-order valence-electron chi connectivity index (χ0n) is 16.3. The van der Waals surface area contributed by atoms with Crippen molar-refractivity contribution < 1.29 is 16.8 Å². The zero-order chi connectivity index (χ0) is 23.8. The molecule has 2 aromatic rings. The Morgan fingerprint density at radius 1 is 0.719 bits per heavy atom. The fourth-order valence-electron chi connectivity index (χ4n) is 2.30. The Labute approximate surface area is 196 Å². The molecule has 166 valence electrons. The summed E-state index contributed by atoms with van der Waals surface area (Å²) in [6.45, 7) is 0.273. The lowest BCUT2D eigenvalue weighted by atomic mass is 10.4. The molecule has 0 aliphatic carbocycles. The first kappa shape index (κ1) is 25.2. The van der Waals surface area contributed by atoms with E-state index in [4.69, 9.17) is 23.2 Å². The van der Waals surface area contributed by atoms with Gasteiger partial charge >= 0.3 is 0 Å². The van der Waals surface area contributed by atoms with Gasteiger partial charge in [-0.3, -0.25) is 0 Å². The van der Waals surface area contributed by atoms with Gasteiger partial charge in [0, 0.05) is 35.5 Å². The average molecular weight is 511 g/mol. The second-order valence-electron chi connectivity index (χ2n) is 6.06. The van der Waals surface area contributed by atoms with Crippen LogP contribution in [-0.2, 0) is 19.7 Å². The largest absolute Gasteiger partial charge is 0.387 e. The Morgan fingerprint density at radius 2 is 1.03 bits per heavy atom. The maximum Gasteiger partial charge on any atom is 0.218 e. The Balaban J connectivity index is 2.00. The van der Waals surface area contributed by atoms with Gasteiger partial charge in [-0.2, -0.15) is 10.5 Å². The molecule has 0 radical (unpaired) electrons. The number of allylic oxidation sites excluding steroid dienone is 2. The second kappa shape index (κ2) is 11.0. The Morgan fingerprint density at radius 3 is 1.31 bits per heavy atom. The number of benzene rings is 2. The average Bonchev–Trinajstić information content (AvgIpc) is 2.76. The quantitative estimate of drug-likeness (QED) is 0.387. The standard InChI is InChI=1S/C20H16Cl2N4O4S2/c21-15-1-5-17(6-2-15)31(27,28)19(11-23)13-25-9-10-26-14-20(12-24)32(29,30)18-7-3-16(22)4-8-18/h1-8,13-14,25-26H,9-10H2/b19-13+,20-14+. The lowest BCUT2D eigenvalue weighted by Crippen LogP contribution is -2.22. The van der Waals surface area contributed by atoms with Crippen molar-refractivity contribution in [3.63, 3.8) is 0 Å². The molecule has 12 heteroatoms. The normalized spacial score (nSPS) is 12.5. The van der Waals surface area contributed by atoms with Gasteiger partial charge in [0.25, 0.3) is 0 Å². The minimum Gasteiger partial charge on any atom is -0.387 e. The number of hydrogen-bond donors (Lipinski definition) is 2. The van der Waals surface area contributed by atoms with Crippen molar-refractivity contribution in [2.24, 2.45) is 0 Å². The molecule has 32 heavy (non-hydrogen) atoms. The third-order valence-corrected chi connectivity index (χ3v) is 7.79. The molecule has 2 rings (SSSR count). The summed E-state index contributed by atoms with van der Waals surface area (Å²) >= 11 is 11.5. The van der Waals surface area contributed by atoms with E-state index in [-0.39, 0.29) is 22.9 Å². The number of halogens is 2. The van der Waals surface area contributed by atoms with Gasteiger partial charge < -0.3 is 10.6 Å². The maximum atomic E-state index is 12.5. The van der Waals surface area contributed by atoms with Crippen LogP contribution in [0.25, 0.3) is 0 Å². The Bertz CT molecular complexity index is 1220. The summed E-state index contributed by atoms with van der Waals surface area (Å²) in [5, 5.41) is 24.4. The van der Waals surface area contributed by atoms with E-state index in [9.17, 15) is 27.4 Å². The summed E-state index contributed by atoms with van der Waals surface area (Å²) in [4.78, 5) is -1.16. The van der Waals surface area contributed by atoms with Crippen molar-refractivity contribution in [1.29, 1.82) is 10.5 Å². The summed E-state index contributed by atoms with van der Waals surface area (Å²) in [7, 11) is -8.03. The third kappa shape index (κ3) is 6.25. The van der Waals surface area contributed by atoms with Crippen LogP contribution < -0.4 is 10.6 Å². The van der Waals surface area contributed by atoms with Crippen LogP contribution >= 0.6 is 23.2 Å². The Hall–Kier alpha value is -3.02. The minimum atomic E-state index is -4.02. The lowest BCUT2D eigenvalue weighted by Gasteiger charge is -2.06. The molecule has 0 aliphatic rings. The number of nitriles is 2. The van der Waals surface area contributed by atoms with Crippen LogP contribution in [0, 0.1) is 22.7 Å². The van der Waals surface area contributed by atoms with Crippen molar-refractivity contribution in [1.82, 2.24) is 10.6 Å². The van der Waals surface area contributed by atoms with Crippen LogP contribution in [0.5, 0.6) is 0 Å². The maximum absolute atomic E-state index is 12.5. The monoisotopic (exact) mass is 510 g/mol. The van der Waals surface area contributed by atoms with Crippen molar-refractivity contribution in [2.75, 3.05) is 13.1 Å². The third-order valence-electron chi connectivity index (χ3n) is 3.93. The highest BCUT2D eigenvalue weighted by atomic mass is 35.5. The predicted octanol–water partition coefficient (Wildman–Crippen LogP) is 3.15. The molecule has 0 fully saturated rings. The summed E-state index contributed by atoms with van der Waals surface area (Å²) < 4.78 is 49.9. The van der Waals surface area contributed by atoms with Crippen LogP contribution in [0.3, 0.4) is 0 Å². The van der Waals surface area contributed by atoms with Crippen molar-refractivity contribution in [3.8, 4) is 12.1 Å². The summed E-state index contributed by atoms with van der Waals surface area (Å²) in [6, 6.07) is 14.0. The van der Waals surface area contributed by atoms with Crippen molar-refractivity contribution in [2.45, 2.75) is 9.79 Å². The van der Waals surface area contributed by atoms with Crippen LogP contribution in [-0.4, -0.2) is 29.9 Å². The first-order valence-electron chi connectivity index (χ1n) is 8.81. The molecule has 0 heterocycles. The highest BCUT2D eigenvalue weighted by molar-refractivity contribution is 7.95. The van der Waals surface area contributed by atoms with Gasteiger partial charge in [0.1, 0.15) is 12.1 Å². The highest BCUT2D eigenvalue weighted by Gasteiger charge is 2.21.